The summed E-state index contributed by atoms with van der Waals surface area (Å²) in [5, 5.41) is 79.8. The summed E-state index contributed by atoms with van der Waals surface area (Å²) >= 11 is 12.5. The Hall–Kier alpha value is -8.21. The van der Waals surface area contributed by atoms with Crippen LogP contribution in [0.15, 0.2) is 176 Å². The molecule has 12 atom stereocenters. The molecule has 10 rings (SSSR count). The van der Waals surface area contributed by atoms with Crippen molar-refractivity contribution in [1.82, 2.24) is 4.98 Å². The molecule has 40 heteroatoms. The second kappa shape index (κ2) is 54.2. The molecule has 0 saturated carbocycles. The van der Waals surface area contributed by atoms with Crippen LogP contribution in [0.25, 0.3) is 21.9 Å². The number of hydrogen-bond donors (Lipinski definition) is 10. The molecule has 0 radical (unpaired) electrons. The number of aliphatic carboxylic acids is 3. The highest BCUT2D eigenvalue weighted by Crippen LogP contribution is 2.43. The quantitative estimate of drug-likeness (QED) is 0.00558. The summed E-state index contributed by atoms with van der Waals surface area (Å²) in [7, 11) is -15.7. The Kier molecular flexibility index (Phi) is 45.8. The van der Waals surface area contributed by atoms with Gasteiger partial charge in [0.1, 0.15) is 89.4 Å². The number of aromatic amines is 1. The number of carboxylic acid groups (broad SMARTS) is 3. The van der Waals surface area contributed by atoms with Gasteiger partial charge in [0.15, 0.2) is 10.2 Å². The summed E-state index contributed by atoms with van der Waals surface area (Å²) in [6, 6.07) is 35.9. The van der Waals surface area contributed by atoms with Gasteiger partial charge >= 0.3 is 23.5 Å². The number of halogens is 2. The van der Waals surface area contributed by atoms with E-state index < -0.39 is 107 Å². The predicted octanol–water partition coefficient (Wildman–Crippen LogP) is 15.5. The van der Waals surface area contributed by atoms with Crippen molar-refractivity contribution in [1.29, 1.82) is 5.26 Å². The number of phosphoric acid groups is 3. The number of hydrogen-bond acceptors (Lipinski definition) is 27. The number of unbranched alkanes of at least 4 members (excludes halogenated alkanes) is 18. The van der Waals surface area contributed by atoms with Gasteiger partial charge in [-0.25, -0.2) is 19.2 Å². The minimum absolute atomic E-state index is 0.0779. The maximum atomic E-state index is 11.8. The Balaban J connectivity index is 0.000000243. The first-order valence-corrected chi connectivity index (χ1v) is 48.1. The van der Waals surface area contributed by atoms with Crippen molar-refractivity contribution >= 4 is 130 Å². The number of ether oxygens (including phenoxy) is 3. The molecule has 682 valence electrons. The van der Waals surface area contributed by atoms with E-state index in [4.69, 9.17) is 55.3 Å². The normalized spacial score (nSPS) is 19.8. The SMILES string of the molecule is CCCCCCCCCCCC(=O)SCc1ccccc1.CCCCCCCCCCCCCC(=O)SCc1ccccc1.N#Cc1cc2ccc(OC3CC(C(=O)O)=CC(OP(=O)([O-])O)C3O)cc2oc1=O.O=C(O)C1=CC(OP(=O)([O-])O)C(O)C(Oc2c[nH]c3ccc(Br)c(Cl)c23)C1.O=C(O)C1=CC(OP(=O)([O-])O)C(O)C(Oc2ccc([N+](=O)[O-])cc2)C1. The maximum Gasteiger partial charge on any atom is 0.354 e. The number of nitrogens with one attached hydrogen (secondary N) is 1. The number of carbonyl (C=O) groups is 5. The molecule has 125 heavy (non-hydrogen) atoms. The van der Waals surface area contributed by atoms with Crippen molar-refractivity contribution in [3.05, 3.63) is 209 Å². The molecule has 33 nitrogen and oxygen atoms in total. The molecule has 2 heterocycles. The fourth-order valence-corrected chi connectivity index (χ4v) is 16.7. The summed E-state index contributed by atoms with van der Waals surface area (Å²) in [6.45, 7) is 4.53. The molecule has 2 aromatic heterocycles. The molecule has 0 spiro atoms. The lowest BCUT2D eigenvalue weighted by atomic mass is 9.92. The topological polar surface area (TPSA) is 556 Å². The first kappa shape index (κ1) is 106. The van der Waals surface area contributed by atoms with E-state index in [9.17, 15) is 92.8 Å². The summed E-state index contributed by atoms with van der Waals surface area (Å²) in [5.74, 6) is -2.05. The zero-order valence-corrected chi connectivity index (χ0v) is 75.2. The number of carboxylic acids is 3. The molecular weight excluding hydrogens is 1820 g/mol. The van der Waals surface area contributed by atoms with Crippen LogP contribution in [-0.4, -0.2) is 138 Å². The number of thioether (sulfide) groups is 2. The molecule has 0 fully saturated rings. The lowest BCUT2D eigenvalue weighted by molar-refractivity contribution is -0.384. The number of carbonyl (C=O) groups excluding carboxylic acids is 2. The van der Waals surface area contributed by atoms with Crippen LogP contribution in [0, 0.1) is 21.4 Å². The number of phosphoric ester groups is 3. The smallest absolute Gasteiger partial charge is 0.354 e. The van der Waals surface area contributed by atoms with Gasteiger partial charge in [-0.3, -0.25) is 33.4 Å². The third-order valence-corrected chi connectivity index (χ3v) is 24.3. The third kappa shape index (κ3) is 39.1. The Labute approximate surface area is 744 Å². The van der Waals surface area contributed by atoms with Gasteiger partial charge in [0.25, 0.3) is 29.2 Å². The van der Waals surface area contributed by atoms with Crippen LogP contribution in [0.5, 0.6) is 17.2 Å². The lowest BCUT2D eigenvalue weighted by Gasteiger charge is -2.34. The van der Waals surface area contributed by atoms with Gasteiger partial charge in [0, 0.05) is 94.6 Å². The van der Waals surface area contributed by atoms with Gasteiger partial charge in [0.2, 0.25) is 0 Å². The standard InChI is InChI=1S/C21H34OS.C19H30OS.C17H14NO10P.C15H14BrClNO8P.C13H14NO10P/c1-2-3-4-5-6-7-8-9-10-11-15-18-21(22)23-19-20-16-13-12-14-17-20;1-2-3-4-5-6-7-8-9-13-16-19(20)21-17-18-14-11-10-12-15-18;18-7-10-3-8-1-2-11(6-12(8)27-17(10)22)26-13-4-9(16(20)21)5-14(15(13)19)28-29(23,24)25;16-7-1-2-8-12(13(7)17)11(5-18-8)25-9-3-6(15(20)21)4-10(14(9)19)26-27(22,23)24;15-12-10(23-9-3-1-8(2-4-9)14(18)19)5-7(13(16)17)6-11(12)24-25(20,21)22/h12-14,16-17H,2-11,15,18-19H2,1H3;10-12,14-15H,2-9,13,16-17H2,1H3;1-3,5-6,13-15,19H,4H2,(H,20,21)(H2,23,24,25);1-2,4-5,9-10,14,18-19H,3H2,(H,20,21)(H2,22,23,24);1-4,6,10-12,15H,5H2,(H,16,17)(H2,20,21,22)/p-3. The molecular formula is C85H103BrClN3O30P3S2-3. The minimum Gasteiger partial charge on any atom is -0.756 e. The van der Waals surface area contributed by atoms with Crippen LogP contribution in [0.1, 0.15) is 191 Å². The van der Waals surface area contributed by atoms with E-state index in [-0.39, 0.29) is 70.1 Å². The molecule has 7 aromatic rings. The van der Waals surface area contributed by atoms with Crippen LogP contribution in [-0.2, 0) is 62.7 Å². The largest absolute Gasteiger partial charge is 0.756 e. The second-order valence-electron chi connectivity index (χ2n) is 29.3. The maximum absolute atomic E-state index is 11.8. The Bertz CT molecular complexity index is 5000. The zero-order chi connectivity index (χ0) is 91.8. The summed E-state index contributed by atoms with van der Waals surface area (Å²) < 4.78 is 68.2. The molecule has 10 N–H and O–H groups in total. The van der Waals surface area contributed by atoms with E-state index in [1.165, 1.54) is 193 Å². The number of aliphatic hydroxyl groups excluding tert-OH is 3. The molecule has 5 aromatic carbocycles. The van der Waals surface area contributed by atoms with Gasteiger partial charge in [-0.05, 0) is 101 Å². The number of nitro benzene ring substituents is 1. The van der Waals surface area contributed by atoms with Gasteiger partial charge < -0.3 is 97.2 Å². The molecule has 3 aliphatic rings. The number of H-pyrrole nitrogens is 1. The number of aromatic nitrogens is 1. The highest BCUT2D eigenvalue weighted by molar-refractivity contribution is 9.10. The Morgan fingerprint density at radius 1 is 0.552 bits per heavy atom. The van der Waals surface area contributed by atoms with Crippen LogP contribution in [0.4, 0.5) is 5.69 Å². The third-order valence-electron chi connectivity index (χ3n) is 19.5. The number of nitro groups is 1. The van der Waals surface area contributed by atoms with Gasteiger partial charge in [-0.2, -0.15) is 5.26 Å². The number of aliphatic hydroxyl groups is 3. The summed E-state index contributed by atoms with van der Waals surface area (Å²) in [5.41, 5.74) is 1.17. The first-order chi connectivity index (χ1) is 59.3. The fraction of sp³-hybridized carbons (Fsp3) is 0.447. The van der Waals surface area contributed by atoms with Crippen LogP contribution in [0.2, 0.25) is 5.02 Å². The Morgan fingerprint density at radius 2 is 0.928 bits per heavy atom. The molecule has 3 aliphatic carbocycles. The molecule has 0 aliphatic heterocycles. The van der Waals surface area contributed by atoms with E-state index in [0.717, 1.165) is 67.5 Å². The van der Waals surface area contributed by atoms with E-state index in [2.05, 4.69) is 72.6 Å². The molecule has 0 bridgehead atoms. The fourth-order valence-electron chi connectivity index (χ4n) is 13.0. The number of nitrogens with zero attached hydrogens (tertiary/aromatic N) is 2. The van der Waals surface area contributed by atoms with E-state index in [1.54, 1.807) is 18.2 Å². The summed E-state index contributed by atoms with van der Waals surface area (Å²) in [6.07, 6.45) is 17.9. The zero-order valence-electron chi connectivity index (χ0n) is 68.6. The summed E-state index contributed by atoms with van der Waals surface area (Å²) in [4.78, 5) is 141. The van der Waals surface area contributed by atoms with Crippen molar-refractivity contribution in [3.8, 4) is 23.3 Å². The van der Waals surface area contributed by atoms with Crippen molar-refractivity contribution < 1.29 is 135 Å². The lowest BCUT2D eigenvalue weighted by Crippen LogP contribution is -2.45. The van der Waals surface area contributed by atoms with Crippen molar-refractivity contribution in [2.24, 2.45) is 0 Å². The highest BCUT2D eigenvalue weighted by atomic mass is 79.9. The van der Waals surface area contributed by atoms with E-state index in [0.29, 0.717) is 36.0 Å². The molecule has 0 amide bonds. The first-order valence-electron chi connectivity index (χ1n) is 40.5. The Morgan fingerprint density at radius 3 is 1.30 bits per heavy atom. The minimum atomic E-state index is -5.26. The van der Waals surface area contributed by atoms with E-state index in [1.807, 2.05) is 36.4 Å². The second-order valence-corrected chi connectivity index (χ2v) is 36.0. The average molecular weight is 1920 g/mol. The number of nitriles is 1. The van der Waals surface area contributed by atoms with Crippen molar-refractivity contribution in [2.75, 3.05) is 0 Å². The van der Waals surface area contributed by atoms with E-state index >= 15 is 0 Å². The number of fused-ring (bicyclic) bond motifs is 2. The number of non-ortho nitro benzene ring substituents is 1. The van der Waals surface area contributed by atoms with Crippen LogP contribution in [0.3, 0.4) is 0 Å². The number of benzene rings is 5. The van der Waals surface area contributed by atoms with Gasteiger partial charge in [0.05, 0.1) is 20.8 Å². The monoisotopic (exact) mass is 1920 g/mol. The van der Waals surface area contributed by atoms with Gasteiger partial charge in [-0.15, -0.1) is 0 Å². The predicted molar refractivity (Wildman–Crippen MR) is 466 cm³/mol. The molecule has 0 saturated heterocycles. The van der Waals surface area contributed by atoms with Gasteiger partial charge in [-0.1, -0.05) is 225 Å². The highest BCUT2D eigenvalue weighted by Gasteiger charge is 2.41. The van der Waals surface area contributed by atoms with Crippen molar-refractivity contribution in [3.63, 3.8) is 0 Å². The molecule has 12 unspecified atom stereocenters. The van der Waals surface area contributed by atoms with Crippen LogP contribution >= 0.6 is 74.5 Å². The van der Waals surface area contributed by atoms with Crippen molar-refractivity contribution in [2.45, 2.75) is 241 Å². The number of rotatable bonds is 42. The average Bonchev–Trinajstić information content (AvgIpc) is 1.78. The van der Waals surface area contributed by atoms with Crippen LogP contribution < -0.4 is 34.5 Å².